The summed E-state index contributed by atoms with van der Waals surface area (Å²) in [6.45, 7) is 4.93. The van der Waals surface area contributed by atoms with E-state index in [4.69, 9.17) is 14.6 Å². The summed E-state index contributed by atoms with van der Waals surface area (Å²) in [6, 6.07) is 4.74. The molecule has 0 bridgehead atoms. The van der Waals surface area contributed by atoms with Crippen molar-refractivity contribution >= 4 is 23.2 Å². The quantitative estimate of drug-likeness (QED) is 0.792. The Balaban J connectivity index is 0.000000298. The van der Waals surface area contributed by atoms with Crippen molar-refractivity contribution in [2.24, 2.45) is 0 Å². The van der Waals surface area contributed by atoms with Gasteiger partial charge in [-0.3, -0.25) is 9.69 Å². The molecule has 0 aliphatic carbocycles. The zero-order chi connectivity index (χ0) is 21.1. The van der Waals surface area contributed by atoms with Crippen molar-refractivity contribution in [2.45, 2.75) is 56.5 Å². The Morgan fingerprint density at radius 2 is 2.14 bits per heavy atom. The lowest BCUT2D eigenvalue weighted by molar-refractivity contribution is -0.192. The van der Waals surface area contributed by atoms with Crippen molar-refractivity contribution in [3.63, 3.8) is 0 Å². The van der Waals surface area contributed by atoms with Gasteiger partial charge in [0.25, 0.3) is 0 Å². The number of thiophene rings is 1. The third-order valence-electron chi connectivity index (χ3n) is 5.62. The van der Waals surface area contributed by atoms with Crippen LogP contribution in [-0.4, -0.2) is 70.8 Å². The molecule has 6 nitrogen and oxygen atoms in total. The second-order valence-corrected chi connectivity index (χ2v) is 8.74. The normalized spacial score (nSPS) is 27.9. The largest absolute Gasteiger partial charge is 0.490 e. The molecule has 0 saturated carbocycles. The van der Waals surface area contributed by atoms with Gasteiger partial charge in [-0.2, -0.15) is 13.2 Å². The Hall–Kier alpha value is -1.65. The van der Waals surface area contributed by atoms with E-state index in [1.54, 1.807) is 0 Å². The van der Waals surface area contributed by atoms with Gasteiger partial charge in [0.05, 0.1) is 5.60 Å². The summed E-state index contributed by atoms with van der Waals surface area (Å²) < 4.78 is 38.0. The third-order valence-corrected chi connectivity index (χ3v) is 6.48. The molecule has 3 fully saturated rings. The summed E-state index contributed by atoms with van der Waals surface area (Å²) >= 11 is 1.83. The topological polar surface area (TPSA) is 70.1 Å². The van der Waals surface area contributed by atoms with E-state index in [0.717, 1.165) is 64.9 Å². The predicted molar refractivity (Wildman–Crippen MR) is 101 cm³/mol. The molecule has 162 valence electrons. The van der Waals surface area contributed by atoms with Gasteiger partial charge in [0.1, 0.15) is 0 Å². The van der Waals surface area contributed by atoms with Gasteiger partial charge in [0.15, 0.2) is 0 Å². The van der Waals surface area contributed by atoms with E-state index in [1.807, 2.05) is 11.3 Å². The monoisotopic (exact) mass is 434 g/mol. The van der Waals surface area contributed by atoms with Crippen molar-refractivity contribution in [1.82, 2.24) is 9.80 Å². The number of likely N-dealkylation sites (tertiary alicyclic amines) is 2. The van der Waals surface area contributed by atoms with Crippen LogP contribution in [0.2, 0.25) is 0 Å². The highest BCUT2D eigenvalue weighted by Crippen LogP contribution is 2.37. The van der Waals surface area contributed by atoms with Crippen molar-refractivity contribution in [1.29, 1.82) is 0 Å². The number of amides is 1. The van der Waals surface area contributed by atoms with Gasteiger partial charge in [-0.25, -0.2) is 4.79 Å². The van der Waals surface area contributed by atoms with Gasteiger partial charge in [0.2, 0.25) is 5.91 Å². The van der Waals surface area contributed by atoms with Gasteiger partial charge < -0.3 is 14.7 Å². The molecule has 1 N–H and O–H groups in total. The van der Waals surface area contributed by atoms with E-state index in [-0.39, 0.29) is 5.60 Å². The van der Waals surface area contributed by atoms with E-state index in [2.05, 4.69) is 27.3 Å². The predicted octanol–water partition coefficient (Wildman–Crippen LogP) is 3.13. The fourth-order valence-corrected chi connectivity index (χ4v) is 5.04. The van der Waals surface area contributed by atoms with E-state index in [9.17, 15) is 18.0 Å². The number of ether oxygens (including phenoxy) is 1. The molecule has 29 heavy (non-hydrogen) atoms. The van der Waals surface area contributed by atoms with Gasteiger partial charge >= 0.3 is 12.1 Å². The highest BCUT2D eigenvalue weighted by Gasteiger charge is 2.45. The van der Waals surface area contributed by atoms with Gasteiger partial charge in [-0.15, -0.1) is 11.3 Å². The molecule has 2 atom stereocenters. The lowest BCUT2D eigenvalue weighted by Gasteiger charge is -2.41. The van der Waals surface area contributed by atoms with Gasteiger partial charge in [0, 0.05) is 50.1 Å². The summed E-state index contributed by atoms with van der Waals surface area (Å²) in [4.78, 5) is 27.0. The van der Waals surface area contributed by atoms with Crippen LogP contribution in [0.5, 0.6) is 0 Å². The fraction of sp³-hybridized carbons (Fsp3) is 0.684. The first-order valence-corrected chi connectivity index (χ1v) is 10.5. The summed E-state index contributed by atoms with van der Waals surface area (Å²) in [7, 11) is 0. The number of carboxylic acid groups (broad SMARTS) is 1. The summed E-state index contributed by atoms with van der Waals surface area (Å²) in [5.74, 6) is -2.40. The van der Waals surface area contributed by atoms with E-state index < -0.39 is 12.1 Å². The number of rotatable bonds is 3. The number of aliphatic carboxylic acids is 1. The Labute approximate surface area is 171 Å². The van der Waals surface area contributed by atoms with E-state index in [0.29, 0.717) is 11.9 Å². The highest BCUT2D eigenvalue weighted by atomic mass is 32.1. The number of nitrogens with zero attached hydrogens (tertiary/aromatic N) is 2. The molecule has 0 unspecified atom stereocenters. The van der Waals surface area contributed by atoms with Crippen LogP contribution < -0.4 is 0 Å². The number of carboxylic acids is 1. The Bertz CT molecular complexity index is 713. The van der Waals surface area contributed by atoms with Crippen molar-refractivity contribution in [3.8, 4) is 0 Å². The number of hydrogen-bond donors (Lipinski definition) is 1. The molecule has 4 heterocycles. The number of carbonyl (C=O) groups is 2. The average molecular weight is 434 g/mol. The van der Waals surface area contributed by atoms with Crippen molar-refractivity contribution in [3.05, 3.63) is 22.4 Å². The fourth-order valence-electron chi connectivity index (χ4n) is 4.29. The second kappa shape index (κ2) is 9.01. The first-order chi connectivity index (χ1) is 13.7. The SMILES string of the molecule is O=C(O)C(F)(F)F.O=C1CCCN1[C@H]1CCO[C@]2(CCN(Cc3cccs3)C2)C1. The number of alkyl halides is 3. The summed E-state index contributed by atoms with van der Waals surface area (Å²) in [5.41, 5.74) is -0.0109. The Morgan fingerprint density at radius 3 is 2.72 bits per heavy atom. The molecule has 3 aliphatic heterocycles. The summed E-state index contributed by atoms with van der Waals surface area (Å²) in [6.07, 6.45) is -0.155. The maximum Gasteiger partial charge on any atom is 0.490 e. The van der Waals surface area contributed by atoms with Crippen LogP contribution in [0.3, 0.4) is 0 Å². The molecule has 1 aromatic heterocycles. The smallest absolute Gasteiger partial charge is 0.475 e. The van der Waals surface area contributed by atoms with Crippen LogP contribution in [0, 0.1) is 0 Å². The number of halogens is 3. The molecule has 4 rings (SSSR count). The first-order valence-electron chi connectivity index (χ1n) is 9.67. The molecule has 1 spiro atoms. The van der Waals surface area contributed by atoms with Crippen LogP contribution in [0.4, 0.5) is 13.2 Å². The molecule has 10 heteroatoms. The minimum Gasteiger partial charge on any atom is -0.475 e. The first kappa shape index (κ1) is 22.0. The maximum absolute atomic E-state index is 12.0. The summed E-state index contributed by atoms with van der Waals surface area (Å²) in [5, 5.41) is 9.27. The van der Waals surface area contributed by atoms with Crippen LogP contribution in [0.15, 0.2) is 17.5 Å². The average Bonchev–Trinajstić information content (AvgIpc) is 3.38. The van der Waals surface area contributed by atoms with Crippen molar-refractivity contribution in [2.75, 3.05) is 26.2 Å². The van der Waals surface area contributed by atoms with E-state index >= 15 is 0 Å². The molecule has 1 aromatic rings. The van der Waals surface area contributed by atoms with Crippen LogP contribution in [0.25, 0.3) is 0 Å². The molecule has 3 saturated heterocycles. The van der Waals surface area contributed by atoms with Crippen molar-refractivity contribution < 1.29 is 32.6 Å². The number of hydrogen-bond acceptors (Lipinski definition) is 5. The maximum atomic E-state index is 12.0. The standard InChI is InChI=1S/C17H24N2O2S.C2HF3O2/c20-16-4-1-7-19(16)14-5-9-21-17(11-14)6-8-18(13-17)12-15-3-2-10-22-15;3-2(4,5)1(6)7/h2-3,10,14H,1,4-9,11-13H2;(H,6,7)/t14-,17+;/m0./s1. The van der Waals surface area contributed by atoms with Gasteiger partial charge in [-0.1, -0.05) is 6.07 Å². The molecule has 0 aromatic carbocycles. The molecule has 1 amide bonds. The van der Waals surface area contributed by atoms with Gasteiger partial charge in [-0.05, 0) is 37.1 Å². The van der Waals surface area contributed by atoms with Crippen LogP contribution in [0.1, 0.15) is 37.0 Å². The Morgan fingerprint density at radius 1 is 1.38 bits per heavy atom. The second-order valence-electron chi connectivity index (χ2n) is 7.71. The lowest BCUT2D eigenvalue weighted by atomic mass is 9.89. The lowest BCUT2D eigenvalue weighted by Crippen LogP contribution is -2.50. The Kier molecular flexibility index (Phi) is 6.85. The van der Waals surface area contributed by atoms with E-state index in [1.165, 1.54) is 4.88 Å². The zero-order valence-corrected chi connectivity index (χ0v) is 16.8. The minimum absolute atomic E-state index is 0.0109. The zero-order valence-electron chi connectivity index (χ0n) is 16.0. The minimum atomic E-state index is -5.08. The van der Waals surface area contributed by atoms with Crippen LogP contribution in [-0.2, 0) is 20.9 Å². The van der Waals surface area contributed by atoms with Crippen LogP contribution >= 0.6 is 11.3 Å². The molecular formula is C19H25F3N2O4S. The highest BCUT2D eigenvalue weighted by molar-refractivity contribution is 7.09. The molecular weight excluding hydrogens is 409 g/mol. The number of carbonyl (C=O) groups excluding carboxylic acids is 1. The third kappa shape index (κ3) is 5.70. The molecule has 3 aliphatic rings. The molecule has 0 radical (unpaired) electrons.